The molecule has 9 heavy (non-hydrogen) atoms. The molecule has 5 nitrogen and oxygen atoms in total. The summed E-state index contributed by atoms with van der Waals surface area (Å²) in [6.45, 7) is 0. The third-order valence-electron chi connectivity index (χ3n) is 0. The zero-order chi connectivity index (χ0) is 8.08. The number of nitrogens with one attached hydrogen (secondary N) is 1. The Kier molecular flexibility index (Phi) is 6.06. The number of hydrogen-bond donors (Lipinski definition) is 1. The standard InChI is InChI=1S/C3H9N.Mn.4O/c1-4(2)3;;;;;/h1-3H3;;;;;/q;;;;;-1/p+1. The minimum atomic E-state index is -5.62. The van der Waals surface area contributed by atoms with Crippen LogP contribution >= 0.6 is 0 Å². The maximum absolute atomic E-state index is 8.58. The van der Waals surface area contributed by atoms with Gasteiger partial charge >= 0.3 is 28.7 Å². The van der Waals surface area contributed by atoms with E-state index in [2.05, 4.69) is 21.1 Å². The Balaban J connectivity index is 0. The second-order valence-electron chi connectivity index (χ2n) is 1.88. The number of quaternary nitrogens is 1. The normalized spacial score (nSPS) is 10.3. The van der Waals surface area contributed by atoms with Gasteiger partial charge in [-0.05, 0) is 0 Å². The van der Waals surface area contributed by atoms with Crippen LogP contribution in [0.15, 0.2) is 0 Å². The monoisotopic (exact) mass is 179 g/mol. The van der Waals surface area contributed by atoms with E-state index in [4.69, 9.17) is 15.7 Å². The van der Waals surface area contributed by atoms with Gasteiger partial charge in [-0.15, -0.1) is 0 Å². The SMILES string of the molecule is C[NH+](C)C.[O]=[Mn](=[O])(=[O])[O-]. The van der Waals surface area contributed by atoms with Crippen molar-refractivity contribution >= 4 is 0 Å². The fourth-order valence-electron chi connectivity index (χ4n) is 0. The minimum absolute atomic E-state index is 1.42. The van der Waals surface area contributed by atoms with Crippen molar-refractivity contribution in [1.29, 1.82) is 0 Å². The molecule has 0 bridgehead atoms. The van der Waals surface area contributed by atoms with E-state index in [0.717, 1.165) is 0 Å². The second-order valence-corrected chi connectivity index (χ2v) is 3.06. The third kappa shape index (κ3) is 10400. The van der Waals surface area contributed by atoms with Crippen LogP contribution in [0.4, 0.5) is 0 Å². The van der Waals surface area contributed by atoms with Gasteiger partial charge in [0, 0.05) is 0 Å². The van der Waals surface area contributed by atoms with E-state index >= 15 is 0 Å². The summed E-state index contributed by atoms with van der Waals surface area (Å²) in [5.74, 6) is 0. The summed E-state index contributed by atoms with van der Waals surface area (Å²) in [5.41, 5.74) is 0. The van der Waals surface area contributed by atoms with Gasteiger partial charge in [0.15, 0.2) is 0 Å². The molecule has 0 fully saturated rings. The fraction of sp³-hybridized carbons (Fsp3) is 1.00. The maximum atomic E-state index is 8.58. The van der Waals surface area contributed by atoms with Gasteiger partial charge in [0.1, 0.15) is 0 Å². The van der Waals surface area contributed by atoms with E-state index < -0.39 is 13.0 Å². The van der Waals surface area contributed by atoms with Gasteiger partial charge < -0.3 is 4.90 Å². The Bertz CT molecular complexity index is 168. The van der Waals surface area contributed by atoms with E-state index in [0.29, 0.717) is 0 Å². The predicted molar refractivity (Wildman–Crippen MR) is 20.8 cm³/mol. The van der Waals surface area contributed by atoms with Crippen molar-refractivity contribution in [2.75, 3.05) is 21.1 Å². The summed E-state index contributed by atoms with van der Waals surface area (Å²) in [7, 11) is 6.25. The molecule has 58 valence electrons. The van der Waals surface area contributed by atoms with Crippen LogP contribution in [-0.4, -0.2) is 21.1 Å². The first-order valence-electron chi connectivity index (χ1n) is 2.12. The average Bonchev–Trinajstić information content (AvgIpc) is 1.19. The Hall–Kier alpha value is -0.161. The molecule has 0 amide bonds. The van der Waals surface area contributed by atoms with Gasteiger partial charge in [-0.1, -0.05) is 0 Å². The number of hydrogen-bond acceptors (Lipinski definition) is 4. The molecule has 0 saturated heterocycles. The van der Waals surface area contributed by atoms with Crippen LogP contribution in [-0.2, 0) is 24.5 Å². The van der Waals surface area contributed by atoms with E-state index in [1.165, 1.54) is 4.90 Å². The van der Waals surface area contributed by atoms with Gasteiger partial charge in [0.2, 0.25) is 0 Å². The van der Waals surface area contributed by atoms with Crippen LogP contribution in [0.3, 0.4) is 0 Å². The molecule has 1 N–H and O–H groups in total. The predicted octanol–water partition coefficient (Wildman–Crippen LogP) is -2.79. The Labute approximate surface area is 55.4 Å². The van der Waals surface area contributed by atoms with Gasteiger partial charge in [-0.2, -0.15) is 0 Å². The molecule has 0 aliphatic heterocycles. The second kappa shape index (κ2) is 4.69. The summed E-state index contributed by atoms with van der Waals surface area (Å²) in [6, 6.07) is 0. The molecular formula is C3H10MnNO4. The summed E-state index contributed by atoms with van der Waals surface area (Å²) >= 11 is -5.62. The summed E-state index contributed by atoms with van der Waals surface area (Å²) in [5, 5.41) is 0. The quantitative estimate of drug-likeness (QED) is 0.408. The van der Waals surface area contributed by atoms with Crippen LogP contribution in [0.25, 0.3) is 0 Å². The Morgan fingerprint density at radius 3 is 1.11 bits per heavy atom. The van der Waals surface area contributed by atoms with Crippen molar-refractivity contribution in [3.05, 3.63) is 0 Å². The van der Waals surface area contributed by atoms with E-state index in [1.807, 2.05) is 0 Å². The molecular weight excluding hydrogens is 169 g/mol. The van der Waals surface area contributed by atoms with Crippen LogP contribution in [0, 0.1) is 0 Å². The van der Waals surface area contributed by atoms with Gasteiger partial charge in [-0.25, -0.2) is 0 Å². The summed E-state index contributed by atoms with van der Waals surface area (Å²) in [6.07, 6.45) is 0. The van der Waals surface area contributed by atoms with Crippen molar-refractivity contribution in [2.45, 2.75) is 0 Å². The van der Waals surface area contributed by atoms with Crippen molar-refractivity contribution in [3.8, 4) is 0 Å². The van der Waals surface area contributed by atoms with Crippen LogP contribution < -0.4 is 9.09 Å². The molecule has 0 aromatic carbocycles. The van der Waals surface area contributed by atoms with Crippen molar-refractivity contribution in [2.24, 2.45) is 0 Å². The van der Waals surface area contributed by atoms with E-state index in [-0.39, 0.29) is 0 Å². The van der Waals surface area contributed by atoms with Crippen LogP contribution in [0.2, 0.25) is 0 Å². The molecule has 0 atom stereocenters. The molecule has 0 spiro atoms. The molecule has 6 heteroatoms. The van der Waals surface area contributed by atoms with Gasteiger partial charge in [-0.3, -0.25) is 0 Å². The number of rotatable bonds is 0. The molecule has 0 rings (SSSR count). The third-order valence-corrected chi connectivity index (χ3v) is 0. The molecule has 0 aliphatic rings. The molecule has 0 saturated carbocycles. The Morgan fingerprint density at radius 2 is 1.11 bits per heavy atom. The first kappa shape index (κ1) is 11.6. The van der Waals surface area contributed by atoms with Gasteiger partial charge in [0.05, 0.1) is 21.1 Å². The molecule has 0 aromatic rings. The molecule has 0 unspecified atom stereocenters. The first-order valence-corrected chi connectivity index (χ1v) is 4.04. The Morgan fingerprint density at radius 1 is 1.11 bits per heavy atom. The van der Waals surface area contributed by atoms with Crippen molar-refractivity contribution in [1.82, 2.24) is 0 Å². The average molecular weight is 179 g/mol. The zero-order valence-electron chi connectivity index (χ0n) is 5.51. The summed E-state index contributed by atoms with van der Waals surface area (Å²) < 4.78 is 34.3. The molecule has 0 heterocycles. The van der Waals surface area contributed by atoms with Crippen molar-refractivity contribution in [3.63, 3.8) is 0 Å². The molecule has 0 aromatic heterocycles. The van der Waals surface area contributed by atoms with Crippen LogP contribution in [0.1, 0.15) is 0 Å². The van der Waals surface area contributed by atoms with Gasteiger partial charge in [0.25, 0.3) is 0 Å². The fourth-order valence-corrected chi connectivity index (χ4v) is 0. The zero-order valence-corrected chi connectivity index (χ0v) is 6.69. The van der Waals surface area contributed by atoms with E-state index in [9.17, 15) is 0 Å². The van der Waals surface area contributed by atoms with Crippen LogP contribution in [0.5, 0.6) is 0 Å². The first-order chi connectivity index (χ1) is 3.73. The summed E-state index contributed by atoms with van der Waals surface area (Å²) in [4.78, 5) is 1.42. The topological polar surface area (TPSA) is 78.7 Å². The molecule has 0 aliphatic carbocycles. The van der Waals surface area contributed by atoms with Crippen molar-refractivity contribution < 1.29 is 33.6 Å². The van der Waals surface area contributed by atoms with E-state index in [1.54, 1.807) is 0 Å². The molecule has 0 radical (unpaired) electrons.